The van der Waals surface area contributed by atoms with E-state index in [1.807, 2.05) is 20.8 Å². The zero-order valence-corrected chi connectivity index (χ0v) is 14.0. The number of hydrogen-bond donors (Lipinski definition) is 0. The third-order valence-corrected chi connectivity index (χ3v) is 4.75. The third kappa shape index (κ3) is 3.21. The fourth-order valence-electron chi connectivity index (χ4n) is 3.41. The second-order valence-electron chi connectivity index (χ2n) is 7.66. The van der Waals surface area contributed by atoms with Crippen LogP contribution < -0.4 is 0 Å². The maximum absolute atomic E-state index is 12.6. The van der Waals surface area contributed by atoms with E-state index in [2.05, 4.69) is 4.98 Å². The lowest BCUT2D eigenvalue weighted by Gasteiger charge is -2.33. The van der Waals surface area contributed by atoms with Crippen LogP contribution in [0.25, 0.3) is 0 Å². The second kappa shape index (κ2) is 5.36. The Balaban J connectivity index is 1.66. The van der Waals surface area contributed by atoms with Gasteiger partial charge in [0.2, 0.25) is 0 Å². The predicted molar refractivity (Wildman–Crippen MR) is 81.4 cm³/mol. The molecule has 0 aromatic carbocycles. The number of alkyl halides is 3. The van der Waals surface area contributed by atoms with Gasteiger partial charge in [0.25, 0.3) is 0 Å². The summed E-state index contributed by atoms with van der Waals surface area (Å²) in [5.41, 5.74) is -0.748. The van der Waals surface area contributed by atoms with E-state index in [1.165, 1.54) is 6.07 Å². The zero-order valence-electron chi connectivity index (χ0n) is 14.0. The molecular formula is C17H21F3N2O2. The Hall–Kier alpha value is -1.79. The van der Waals surface area contributed by atoms with Crippen LogP contribution in [0.1, 0.15) is 44.9 Å². The van der Waals surface area contributed by atoms with E-state index >= 15 is 0 Å². The van der Waals surface area contributed by atoms with E-state index < -0.39 is 17.3 Å². The highest BCUT2D eigenvalue weighted by Gasteiger charge is 2.59. The van der Waals surface area contributed by atoms with E-state index in [9.17, 15) is 18.0 Å². The molecule has 1 aliphatic heterocycles. The van der Waals surface area contributed by atoms with E-state index in [1.54, 1.807) is 4.90 Å². The highest BCUT2D eigenvalue weighted by atomic mass is 19.4. The van der Waals surface area contributed by atoms with Crippen molar-refractivity contribution in [3.8, 4) is 0 Å². The van der Waals surface area contributed by atoms with Crippen LogP contribution in [0.3, 0.4) is 0 Å². The van der Waals surface area contributed by atoms with E-state index in [0.717, 1.165) is 18.7 Å². The molecule has 0 N–H and O–H groups in total. The lowest BCUT2D eigenvalue weighted by atomic mass is 9.91. The van der Waals surface area contributed by atoms with Crippen LogP contribution in [-0.2, 0) is 16.3 Å². The largest absolute Gasteiger partial charge is 0.444 e. The number of hydrogen-bond acceptors (Lipinski definition) is 3. The topological polar surface area (TPSA) is 42.4 Å². The van der Waals surface area contributed by atoms with Crippen molar-refractivity contribution in [2.75, 3.05) is 13.1 Å². The molecule has 4 nitrogen and oxygen atoms in total. The highest BCUT2D eigenvalue weighted by Crippen LogP contribution is 2.58. The van der Waals surface area contributed by atoms with Gasteiger partial charge in [-0.15, -0.1) is 0 Å². The fraction of sp³-hybridized carbons (Fsp3) is 0.647. The van der Waals surface area contributed by atoms with Crippen molar-refractivity contribution in [2.24, 2.45) is 5.92 Å². The first-order valence-corrected chi connectivity index (χ1v) is 8.03. The summed E-state index contributed by atoms with van der Waals surface area (Å²) in [6.07, 6.45) is -2.24. The smallest absolute Gasteiger partial charge is 0.417 e. The molecule has 24 heavy (non-hydrogen) atoms. The van der Waals surface area contributed by atoms with Gasteiger partial charge in [-0.1, -0.05) is 0 Å². The molecule has 132 valence electrons. The highest BCUT2D eigenvalue weighted by molar-refractivity contribution is 5.68. The van der Waals surface area contributed by atoms with Crippen LogP contribution in [0.4, 0.5) is 18.0 Å². The van der Waals surface area contributed by atoms with Crippen LogP contribution in [0.15, 0.2) is 18.3 Å². The summed E-state index contributed by atoms with van der Waals surface area (Å²) in [5, 5.41) is 0. The van der Waals surface area contributed by atoms with E-state index in [4.69, 9.17) is 4.74 Å². The number of piperidine rings is 1. The minimum atomic E-state index is -4.37. The van der Waals surface area contributed by atoms with Crippen LogP contribution >= 0.6 is 0 Å². The van der Waals surface area contributed by atoms with Gasteiger partial charge in [0, 0.05) is 30.4 Å². The zero-order chi connectivity index (χ0) is 17.8. The molecule has 1 saturated heterocycles. The van der Waals surface area contributed by atoms with Gasteiger partial charge in [0.05, 0.1) is 5.56 Å². The minimum Gasteiger partial charge on any atom is -0.444 e. The molecule has 2 heterocycles. The van der Waals surface area contributed by atoms with Crippen LogP contribution in [0.2, 0.25) is 0 Å². The maximum Gasteiger partial charge on any atom is 0.417 e. The Labute approximate surface area is 139 Å². The summed E-state index contributed by atoms with van der Waals surface area (Å²) < 4.78 is 43.3. The number of aromatic nitrogens is 1. The average Bonchev–Trinajstić information content (AvgIpc) is 3.19. The van der Waals surface area contributed by atoms with Gasteiger partial charge in [-0.25, -0.2) is 4.79 Å². The molecule has 2 atom stereocenters. The van der Waals surface area contributed by atoms with E-state index in [0.29, 0.717) is 25.2 Å². The number of likely N-dealkylation sites (tertiary alicyclic amines) is 1. The van der Waals surface area contributed by atoms with Crippen molar-refractivity contribution in [1.82, 2.24) is 9.88 Å². The molecule has 1 saturated carbocycles. The molecule has 2 fully saturated rings. The van der Waals surface area contributed by atoms with Crippen molar-refractivity contribution in [3.63, 3.8) is 0 Å². The Bertz CT molecular complexity index is 637. The number of pyridine rings is 1. The molecule has 7 heteroatoms. The number of halogens is 3. The number of rotatable bonds is 1. The molecule has 2 aliphatic rings. The maximum atomic E-state index is 12.6. The first-order valence-electron chi connectivity index (χ1n) is 8.03. The number of carbonyl (C=O) groups is 1. The lowest BCUT2D eigenvalue weighted by Crippen LogP contribution is -2.43. The first kappa shape index (κ1) is 17.0. The monoisotopic (exact) mass is 342 g/mol. The Morgan fingerprint density at radius 3 is 2.54 bits per heavy atom. The van der Waals surface area contributed by atoms with Crippen molar-refractivity contribution in [1.29, 1.82) is 0 Å². The summed E-state index contributed by atoms with van der Waals surface area (Å²) in [6, 6.07) is 2.57. The van der Waals surface area contributed by atoms with Crippen molar-refractivity contribution < 1.29 is 22.7 Å². The number of carbonyl (C=O) groups excluding carboxylic acids is 1. The van der Waals surface area contributed by atoms with Gasteiger partial charge in [0.1, 0.15) is 5.60 Å². The van der Waals surface area contributed by atoms with Crippen LogP contribution in [-0.4, -0.2) is 34.7 Å². The summed E-state index contributed by atoms with van der Waals surface area (Å²) in [6.45, 7) is 6.57. The molecule has 0 radical (unpaired) electrons. The minimum absolute atomic E-state index is 0.178. The van der Waals surface area contributed by atoms with Gasteiger partial charge in [-0.3, -0.25) is 4.98 Å². The molecule has 3 rings (SSSR count). The molecule has 0 bridgehead atoms. The predicted octanol–water partition coefficient (Wildman–Crippen LogP) is 4.00. The standard InChI is InChI=1S/C17H21F3N2O2/c1-15(2,3)24-14(23)22-7-6-16(8-12(16)10-22)13-5-4-11(9-21-13)17(18,19)20/h4-5,9,12H,6-8,10H2,1-3H3/t12?,16-/m1/s1. The molecule has 0 spiro atoms. The Kier molecular flexibility index (Phi) is 3.81. The van der Waals surface area contributed by atoms with Crippen molar-refractivity contribution in [3.05, 3.63) is 29.6 Å². The number of ether oxygens (including phenoxy) is 1. The molecule has 1 amide bonds. The quantitative estimate of drug-likeness (QED) is 0.775. The number of nitrogens with zero attached hydrogens (tertiary/aromatic N) is 2. The second-order valence-corrected chi connectivity index (χ2v) is 7.66. The lowest BCUT2D eigenvalue weighted by molar-refractivity contribution is -0.137. The number of amides is 1. The van der Waals surface area contributed by atoms with E-state index in [-0.39, 0.29) is 17.4 Å². The van der Waals surface area contributed by atoms with Crippen molar-refractivity contribution >= 4 is 6.09 Å². The molecular weight excluding hydrogens is 321 g/mol. The fourth-order valence-corrected chi connectivity index (χ4v) is 3.41. The van der Waals surface area contributed by atoms with Gasteiger partial charge in [-0.05, 0) is 51.7 Å². The van der Waals surface area contributed by atoms with Crippen LogP contribution in [0.5, 0.6) is 0 Å². The van der Waals surface area contributed by atoms with Crippen LogP contribution in [0, 0.1) is 5.92 Å². The summed E-state index contributed by atoms with van der Waals surface area (Å²) in [4.78, 5) is 17.9. The van der Waals surface area contributed by atoms with Crippen molar-refractivity contribution in [2.45, 2.75) is 50.8 Å². The normalized spacial score (nSPS) is 26.8. The Morgan fingerprint density at radius 2 is 2.04 bits per heavy atom. The van der Waals surface area contributed by atoms with Gasteiger partial charge in [-0.2, -0.15) is 13.2 Å². The molecule has 1 aromatic heterocycles. The molecule has 1 unspecified atom stereocenters. The van der Waals surface area contributed by atoms with Gasteiger partial charge >= 0.3 is 12.3 Å². The average molecular weight is 342 g/mol. The number of fused-ring (bicyclic) bond motifs is 1. The Morgan fingerprint density at radius 1 is 1.33 bits per heavy atom. The van der Waals surface area contributed by atoms with Gasteiger partial charge < -0.3 is 9.64 Å². The summed E-state index contributed by atoms with van der Waals surface area (Å²) >= 11 is 0. The molecule has 1 aliphatic carbocycles. The molecule has 1 aromatic rings. The summed E-state index contributed by atoms with van der Waals surface area (Å²) in [5.74, 6) is 0.239. The third-order valence-electron chi connectivity index (χ3n) is 4.75. The summed E-state index contributed by atoms with van der Waals surface area (Å²) in [7, 11) is 0. The van der Waals surface area contributed by atoms with Gasteiger partial charge in [0.15, 0.2) is 0 Å². The SMILES string of the molecule is CC(C)(C)OC(=O)N1CC[C@@]2(c3ccc(C(F)(F)F)cn3)CC2C1. The first-order chi connectivity index (χ1) is 11.0.